The quantitative estimate of drug-likeness (QED) is 0.625. The van der Waals surface area contributed by atoms with E-state index in [1.165, 1.54) is 0 Å². The van der Waals surface area contributed by atoms with Crippen LogP contribution in [0.1, 0.15) is 19.3 Å². The number of hydrogen-bond acceptors (Lipinski definition) is 4. The Balaban J connectivity index is 1.44. The second kappa shape index (κ2) is 6.83. The summed E-state index contributed by atoms with van der Waals surface area (Å²) in [6, 6.07) is 9.84. The summed E-state index contributed by atoms with van der Waals surface area (Å²) >= 11 is 0. The minimum Gasteiger partial charge on any atom is -0.477 e. The topological polar surface area (TPSA) is 52.8 Å². The molecule has 0 fully saturated rings. The highest BCUT2D eigenvalue weighted by molar-refractivity contribution is 5.82. The summed E-state index contributed by atoms with van der Waals surface area (Å²) in [5, 5.41) is 5.15. The molecule has 0 atom stereocenters. The van der Waals surface area contributed by atoms with E-state index in [0.29, 0.717) is 12.5 Å². The molecule has 0 spiro atoms. The molecule has 5 nitrogen and oxygen atoms in total. The molecule has 108 valence electrons. The van der Waals surface area contributed by atoms with E-state index in [4.69, 9.17) is 4.74 Å². The zero-order valence-corrected chi connectivity index (χ0v) is 11.9. The average Bonchev–Trinajstić information content (AvgIpc) is 3.04. The third-order valence-electron chi connectivity index (χ3n) is 3.34. The molecule has 0 aliphatic rings. The number of aromatic nitrogens is 4. The number of aryl methyl sites for hydroxylation is 1. The predicted octanol–water partition coefficient (Wildman–Crippen LogP) is 3.08. The second-order valence-corrected chi connectivity index (χ2v) is 4.87. The Hall–Kier alpha value is -2.43. The Bertz CT molecular complexity index is 676. The molecule has 0 unspecified atom stereocenters. The molecular formula is C16H18N4O. The van der Waals surface area contributed by atoms with Gasteiger partial charge in [-0.15, -0.1) is 0 Å². The van der Waals surface area contributed by atoms with Gasteiger partial charge in [0.15, 0.2) is 0 Å². The molecule has 0 radical (unpaired) electrons. The van der Waals surface area contributed by atoms with E-state index < -0.39 is 0 Å². The van der Waals surface area contributed by atoms with Crippen LogP contribution in [0.4, 0.5) is 0 Å². The van der Waals surface area contributed by atoms with Gasteiger partial charge in [0, 0.05) is 18.9 Å². The van der Waals surface area contributed by atoms with Gasteiger partial charge in [-0.2, -0.15) is 5.10 Å². The zero-order valence-electron chi connectivity index (χ0n) is 11.9. The Morgan fingerprint density at radius 1 is 1.00 bits per heavy atom. The predicted molar refractivity (Wildman–Crippen MR) is 81.1 cm³/mol. The molecule has 3 aromatic rings. The third kappa shape index (κ3) is 3.56. The lowest BCUT2D eigenvalue weighted by Crippen LogP contribution is -2.02. The lowest BCUT2D eigenvalue weighted by Gasteiger charge is -2.07. The molecule has 2 heterocycles. The van der Waals surface area contributed by atoms with E-state index >= 15 is 0 Å². The van der Waals surface area contributed by atoms with Gasteiger partial charge in [-0.1, -0.05) is 12.1 Å². The average molecular weight is 282 g/mol. The van der Waals surface area contributed by atoms with E-state index in [-0.39, 0.29) is 0 Å². The van der Waals surface area contributed by atoms with E-state index in [1.807, 2.05) is 47.4 Å². The van der Waals surface area contributed by atoms with Gasteiger partial charge >= 0.3 is 0 Å². The van der Waals surface area contributed by atoms with Crippen LogP contribution in [-0.2, 0) is 6.54 Å². The first kappa shape index (κ1) is 13.5. The number of unbranched alkanes of at least 4 members (excludes halogenated alkanes) is 2. The first-order valence-corrected chi connectivity index (χ1v) is 7.23. The number of fused-ring (bicyclic) bond motifs is 1. The van der Waals surface area contributed by atoms with Crippen LogP contribution in [0, 0.1) is 0 Å². The molecule has 5 heteroatoms. The van der Waals surface area contributed by atoms with Crippen molar-refractivity contribution in [3.8, 4) is 5.88 Å². The monoisotopic (exact) mass is 282 g/mol. The summed E-state index contributed by atoms with van der Waals surface area (Å²) in [4.78, 5) is 8.45. The van der Waals surface area contributed by atoms with Crippen LogP contribution in [0.5, 0.6) is 5.88 Å². The molecule has 0 saturated heterocycles. The number of benzene rings is 1. The summed E-state index contributed by atoms with van der Waals surface area (Å²) in [7, 11) is 0. The molecule has 0 amide bonds. The summed E-state index contributed by atoms with van der Waals surface area (Å²) in [5.74, 6) is 0.674. The number of rotatable bonds is 7. The fourth-order valence-electron chi connectivity index (χ4n) is 2.25. The third-order valence-corrected chi connectivity index (χ3v) is 3.34. The lowest BCUT2D eigenvalue weighted by atomic mass is 10.2. The van der Waals surface area contributed by atoms with Crippen molar-refractivity contribution < 1.29 is 4.74 Å². The summed E-state index contributed by atoms with van der Waals surface area (Å²) < 4.78 is 7.74. The van der Waals surface area contributed by atoms with Crippen LogP contribution >= 0.6 is 0 Å². The summed E-state index contributed by atoms with van der Waals surface area (Å²) in [5.41, 5.74) is 0.918. The smallest absolute Gasteiger partial charge is 0.224 e. The van der Waals surface area contributed by atoms with Gasteiger partial charge in [-0.25, -0.2) is 9.97 Å². The van der Waals surface area contributed by atoms with Crippen molar-refractivity contribution in [3.05, 3.63) is 49.1 Å². The van der Waals surface area contributed by atoms with Crippen molar-refractivity contribution in [1.82, 2.24) is 19.7 Å². The Kier molecular flexibility index (Phi) is 4.41. The van der Waals surface area contributed by atoms with Gasteiger partial charge < -0.3 is 4.74 Å². The maximum Gasteiger partial charge on any atom is 0.224 e. The number of para-hydroxylation sites is 1. The highest BCUT2D eigenvalue weighted by Gasteiger charge is 2.03. The maximum atomic E-state index is 5.78. The lowest BCUT2D eigenvalue weighted by molar-refractivity contribution is 0.295. The first-order chi connectivity index (χ1) is 10.4. The summed E-state index contributed by atoms with van der Waals surface area (Å²) in [6.07, 6.45) is 8.58. The van der Waals surface area contributed by atoms with Gasteiger partial charge in [-0.05, 0) is 37.5 Å². The molecule has 2 aromatic heterocycles. The minimum absolute atomic E-state index is 0.674. The number of nitrogens with zero attached hydrogens (tertiary/aromatic N) is 4. The Morgan fingerprint density at radius 2 is 1.95 bits per heavy atom. The van der Waals surface area contributed by atoms with Gasteiger partial charge in [0.2, 0.25) is 5.88 Å². The van der Waals surface area contributed by atoms with Crippen LogP contribution in [0.25, 0.3) is 10.9 Å². The highest BCUT2D eigenvalue weighted by Crippen LogP contribution is 2.20. The van der Waals surface area contributed by atoms with Crippen molar-refractivity contribution in [2.24, 2.45) is 0 Å². The highest BCUT2D eigenvalue weighted by atomic mass is 16.5. The van der Waals surface area contributed by atoms with Crippen molar-refractivity contribution in [1.29, 1.82) is 0 Å². The standard InChI is InChI=1S/C16H18N4O/c1(4-10-20-11-6-9-19-20)5-12-21-16-14-7-2-3-8-15(14)17-13-18-16/h2-3,6-9,11,13H,1,4-5,10,12H2. The fraction of sp³-hybridized carbons (Fsp3) is 0.312. The Morgan fingerprint density at radius 3 is 2.86 bits per heavy atom. The van der Waals surface area contributed by atoms with Crippen LogP contribution in [0.3, 0.4) is 0 Å². The molecule has 3 rings (SSSR count). The minimum atomic E-state index is 0.674. The van der Waals surface area contributed by atoms with E-state index in [9.17, 15) is 0 Å². The van der Waals surface area contributed by atoms with Crippen molar-refractivity contribution in [2.45, 2.75) is 25.8 Å². The summed E-state index contributed by atoms with van der Waals surface area (Å²) in [6.45, 7) is 1.64. The van der Waals surface area contributed by atoms with Crippen molar-refractivity contribution in [3.63, 3.8) is 0 Å². The van der Waals surface area contributed by atoms with E-state index in [2.05, 4.69) is 15.1 Å². The molecule has 0 aliphatic heterocycles. The SMILES string of the molecule is c1ccc2c(OCCCCCn3cccn3)ncnc2c1. The van der Waals surface area contributed by atoms with Crippen molar-refractivity contribution in [2.75, 3.05) is 6.61 Å². The van der Waals surface area contributed by atoms with Gasteiger partial charge in [0.05, 0.1) is 17.5 Å². The van der Waals surface area contributed by atoms with Crippen LogP contribution in [0.2, 0.25) is 0 Å². The van der Waals surface area contributed by atoms with E-state index in [0.717, 1.165) is 36.7 Å². The van der Waals surface area contributed by atoms with Gasteiger partial charge in [0.1, 0.15) is 6.33 Å². The molecule has 21 heavy (non-hydrogen) atoms. The molecule has 0 aliphatic carbocycles. The normalized spacial score (nSPS) is 10.9. The fourth-order valence-corrected chi connectivity index (χ4v) is 2.25. The van der Waals surface area contributed by atoms with Gasteiger partial charge in [0.25, 0.3) is 0 Å². The number of ether oxygens (including phenoxy) is 1. The van der Waals surface area contributed by atoms with Crippen LogP contribution in [-0.4, -0.2) is 26.4 Å². The molecule has 0 N–H and O–H groups in total. The molecular weight excluding hydrogens is 264 g/mol. The molecule has 1 aromatic carbocycles. The molecule has 0 bridgehead atoms. The number of hydrogen-bond donors (Lipinski definition) is 0. The van der Waals surface area contributed by atoms with E-state index in [1.54, 1.807) is 6.33 Å². The van der Waals surface area contributed by atoms with Gasteiger partial charge in [-0.3, -0.25) is 4.68 Å². The molecule has 0 saturated carbocycles. The van der Waals surface area contributed by atoms with Crippen LogP contribution in [0.15, 0.2) is 49.1 Å². The van der Waals surface area contributed by atoms with Crippen LogP contribution < -0.4 is 4.74 Å². The second-order valence-electron chi connectivity index (χ2n) is 4.87. The van der Waals surface area contributed by atoms with Crippen molar-refractivity contribution >= 4 is 10.9 Å². The first-order valence-electron chi connectivity index (χ1n) is 7.23. The zero-order chi connectivity index (χ0) is 14.3. The maximum absolute atomic E-state index is 5.78. The Labute approximate surface area is 123 Å². The largest absolute Gasteiger partial charge is 0.477 e.